The van der Waals surface area contributed by atoms with Crippen molar-refractivity contribution in [1.82, 2.24) is 5.32 Å². The molecule has 3 aromatic rings. The average molecular weight is 409 g/mol. The third-order valence-corrected chi connectivity index (χ3v) is 5.30. The van der Waals surface area contributed by atoms with Gasteiger partial charge in [-0.2, -0.15) is 0 Å². The molecule has 0 spiro atoms. The molecule has 3 aromatic carbocycles. The summed E-state index contributed by atoms with van der Waals surface area (Å²) < 4.78 is 5.24. The SMILES string of the molecule is COc1ccc2cc(CNC(=O)CSCC(=O)Nc3cccc(C)c3)ccc2c1. The monoisotopic (exact) mass is 408 g/mol. The Kier molecular flexibility index (Phi) is 7.14. The molecule has 29 heavy (non-hydrogen) atoms. The molecule has 5 nitrogen and oxygen atoms in total. The molecule has 0 saturated heterocycles. The van der Waals surface area contributed by atoms with Gasteiger partial charge in [0.05, 0.1) is 18.6 Å². The molecule has 0 bridgehead atoms. The van der Waals surface area contributed by atoms with Crippen molar-refractivity contribution < 1.29 is 14.3 Å². The highest BCUT2D eigenvalue weighted by Gasteiger charge is 2.07. The molecular formula is C23H24N2O3S. The van der Waals surface area contributed by atoms with E-state index in [-0.39, 0.29) is 23.3 Å². The van der Waals surface area contributed by atoms with E-state index < -0.39 is 0 Å². The molecule has 150 valence electrons. The van der Waals surface area contributed by atoms with Crippen LogP contribution in [0.4, 0.5) is 5.69 Å². The first kappa shape index (κ1) is 20.7. The standard InChI is InChI=1S/C23H24N2O3S/c1-16-4-3-5-20(10-16)25-23(27)15-29-14-22(26)24-13-17-6-7-19-12-21(28-2)9-8-18(19)11-17/h3-12H,13-15H2,1-2H3,(H,24,26)(H,25,27). The number of carbonyl (C=O) groups excluding carboxylic acids is 2. The fourth-order valence-corrected chi connectivity index (χ4v) is 3.57. The lowest BCUT2D eigenvalue weighted by molar-refractivity contribution is -0.118. The van der Waals surface area contributed by atoms with Crippen LogP contribution < -0.4 is 15.4 Å². The lowest BCUT2D eigenvalue weighted by Crippen LogP contribution is -2.25. The van der Waals surface area contributed by atoms with Gasteiger partial charge in [-0.05, 0) is 59.2 Å². The molecule has 0 unspecified atom stereocenters. The van der Waals surface area contributed by atoms with Crippen molar-refractivity contribution in [3.05, 3.63) is 71.8 Å². The summed E-state index contributed by atoms with van der Waals surface area (Å²) in [7, 11) is 1.65. The molecular weight excluding hydrogens is 384 g/mol. The van der Waals surface area contributed by atoms with Crippen molar-refractivity contribution in [2.75, 3.05) is 23.9 Å². The summed E-state index contributed by atoms with van der Waals surface area (Å²) >= 11 is 1.30. The van der Waals surface area contributed by atoms with Crippen LogP contribution in [0.3, 0.4) is 0 Å². The molecule has 0 aliphatic rings. The van der Waals surface area contributed by atoms with E-state index in [2.05, 4.69) is 16.7 Å². The summed E-state index contributed by atoms with van der Waals surface area (Å²) in [6.45, 7) is 2.43. The van der Waals surface area contributed by atoms with Crippen molar-refractivity contribution in [2.24, 2.45) is 0 Å². The van der Waals surface area contributed by atoms with Crippen LogP contribution >= 0.6 is 11.8 Å². The maximum Gasteiger partial charge on any atom is 0.234 e. The predicted octanol–water partition coefficient (Wildman–Crippen LogP) is 4.14. The van der Waals surface area contributed by atoms with Gasteiger partial charge in [-0.3, -0.25) is 9.59 Å². The summed E-state index contributed by atoms with van der Waals surface area (Å²) in [4.78, 5) is 24.0. The van der Waals surface area contributed by atoms with E-state index in [1.807, 2.05) is 61.5 Å². The van der Waals surface area contributed by atoms with Gasteiger partial charge < -0.3 is 15.4 Å². The van der Waals surface area contributed by atoms with Gasteiger partial charge in [0.15, 0.2) is 0 Å². The van der Waals surface area contributed by atoms with Gasteiger partial charge in [-0.25, -0.2) is 0 Å². The number of thioether (sulfide) groups is 1. The lowest BCUT2D eigenvalue weighted by Gasteiger charge is -2.08. The molecule has 0 aliphatic heterocycles. The van der Waals surface area contributed by atoms with Gasteiger partial charge in [-0.1, -0.05) is 30.3 Å². The van der Waals surface area contributed by atoms with Gasteiger partial charge in [0, 0.05) is 12.2 Å². The number of methoxy groups -OCH3 is 1. The van der Waals surface area contributed by atoms with E-state index in [0.29, 0.717) is 6.54 Å². The fourth-order valence-electron chi connectivity index (χ4n) is 2.92. The zero-order valence-corrected chi connectivity index (χ0v) is 17.3. The van der Waals surface area contributed by atoms with Crippen LogP contribution in [0.2, 0.25) is 0 Å². The van der Waals surface area contributed by atoms with Crippen LogP contribution in [0.25, 0.3) is 10.8 Å². The largest absolute Gasteiger partial charge is 0.497 e. The van der Waals surface area contributed by atoms with Gasteiger partial charge in [0.25, 0.3) is 0 Å². The molecule has 2 amide bonds. The van der Waals surface area contributed by atoms with Crippen molar-refractivity contribution in [3.63, 3.8) is 0 Å². The molecule has 0 atom stereocenters. The van der Waals surface area contributed by atoms with E-state index in [0.717, 1.165) is 33.3 Å². The van der Waals surface area contributed by atoms with Crippen LogP contribution in [-0.4, -0.2) is 30.4 Å². The fraction of sp³-hybridized carbons (Fsp3) is 0.217. The number of rotatable bonds is 8. The molecule has 2 N–H and O–H groups in total. The zero-order chi connectivity index (χ0) is 20.6. The van der Waals surface area contributed by atoms with Crippen molar-refractivity contribution in [3.8, 4) is 5.75 Å². The Hall–Kier alpha value is -2.99. The minimum Gasteiger partial charge on any atom is -0.497 e. The maximum atomic E-state index is 12.1. The minimum absolute atomic E-state index is 0.0896. The zero-order valence-electron chi connectivity index (χ0n) is 16.5. The van der Waals surface area contributed by atoms with Gasteiger partial charge >= 0.3 is 0 Å². The number of hydrogen-bond donors (Lipinski definition) is 2. The number of carbonyl (C=O) groups is 2. The topological polar surface area (TPSA) is 67.4 Å². The van der Waals surface area contributed by atoms with Crippen LogP contribution in [0.1, 0.15) is 11.1 Å². The number of hydrogen-bond acceptors (Lipinski definition) is 4. The number of fused-ring (bicyclic) bond motifs is 1. The second-order valence-corrected chi connectivity index (χ2v) is 7.72. The first-order valence-corrected chi connectivity index (χ1v) is 10.5. The van der Waals surface area contributed by atoms with Gasteiger partial charge in [0.2, 0.25) is 11.8 Å². The molecule has 0 fully saturated rings. The highest BCUT2D eigenvalue weighted by Crippen LogP contribution is 2.21. The molecule has 0 heterocycles. The summed E-state index contributed by atoms with van der Waals surface area (Å²) in [5.74, 6) is 1.10. The number of amides is 2. The summed E-state index contributed by atoms with van der Waals surface area (Å²) in [6.07, 6.45) is 0. The highest BCUT2D eigenvalue weighted by molar-refractivity contribution is 8.00. The number of ether oxygens (including phenoxy) is 1. The van der Waals surface area contributed by atoms with Crippen LogP contribution in [-0.2, 0) is 16.1 Å². The van der Waals surface area contributed by atoms with E-state index in [1.54, 1.807) is 7.11 Å². The molecule has 3 rings (SSSR count). The molecule has 0 saturated carbocycles. The van der Waals surface area contributed by atoms with E-state index in [4.69, 9.17) is 4.74 Å². The number of aryl methyl sites for hydroxylation is 1. The van der Waals surface area contributed by atoms with Gasteiger partial charge in [-0.15, -0.1) is 11.8 Å². The van der Waals surface area contributed by atoms with Crippen molar-refractivity contribution in [1.29, 1.82) is 0 Å². The van der Waals surface area contributed by atoms with Crippen LogP contribution in [0.5, 0.6) is 5.75 Å². The second kappa shape index (κ2) is 9.98. The quantitative estimate of drug-likeness (QED) is 0.588. The Bertz CT molecular complexity index is 1020. The lowest BCUT2D eigenvalue weighted by atomic mass is 10.1. The predicted molar refractivity (Wildman–Crippen MR) is 119 cm³/mol. The van der Waals surface area contributed by atoms with E-state index in [1.165, 1.54) is 11.8 Å². The second-order valence-electron chi connectivity index (χ2n) is 6.73. The maximum absolute atomic E-state index is 12.1. The average Bonchev–Trinajstić information content (AvgIpc) is 2.71. The Morgan fingerprint density at radius 3 is 2.48 bits per heavy atom. The Morgan fingerprint density at radius 1 is 0.931 bits per heavy atom. The van der Waals surface area contributed by atoms with Crippen molar-refractivity contribution in [2.45, 2.75) is 13.5 Å². The molecule has 0 aliphatic carbocycles. The first-order chi connectivity index (χ1) is 14.0. The van der Waals surface area contributed by atoms with E-state index in [9.17, 15) is 9.59 Å². The number of benzene rings is 3. The molecule has 0 aromatic heterocycles. The normalized spacial score (nSPS) is 10.6. The van der Waals surface area contributed by atoms with Gasteiger partial charge in [0.1, 0.15) is 5.75 Å². The number of anilines is 1. The van der Waals surface area contributed by atoms with E-state index >= 15 is 0 Å². The highest BCUT2D eigenvalue weighted by atomic mass is 32.2. The molecule has 0 radical (unpaired) electrons. The van der Waals surface area contributed by atoms with Crippen LogP contribution in [0.15, 0.2) is 60.7 Å². The summed E-state index contributed by atoms with van der Waals surface area (Å²) in [5, 5.41) is 7.93. The Balaban J connectivity index is 1.41. The Morgan fingerprint density at radius 2 is 1.69 bits per heavy atom. The third kappa shape index (κ3) is 6.26. The molecule has 6 heteroatoms. The minimum atomic E-state index is -0.113. The Labute approximate surface area is 174 Å². The summed E-state index contributed by atoms with van der Waals surface area (Å²) in [6, 6.07) is 19.6. The van der Waals surface area contributed by atoms with Crippen molar-refractivity contribution >= 4 is 40.0 Å². The number of nitrogens with one attached hydrogen (secondary N) is 2. The first-order valence-electron chi connectivity index (χ1n) is 9.31. The summed E-state index contributed by atoms with van der Waals surface area (Å²) in [5.41, 5.74) is 2.88. The smallest absolute Gasteiger partial charge is 0.234 e. The van der Waals surface area contributed by atoms with Crippen LogP contribution in [0, 0.1) is 6.92 Å². The third-order valence-electron chi connectivity index (χ3n) is 4.37.